The third-order valence-corrected chi connectivity index (χ3v) is 7.60. The number of nitrogens with one attached hydrogen (secondary N) is 1. The van der Waals surface area contributed by atoms with Crippen LogP contribution in [0.2, 0.25) is 0 Å². The van der Waals surface area contributed by atoms with Gasteiger partial charge < -0.3 is 5.73 Å². The van der Waals surface area contributed by atoms with Crippen molar-refractivity contribution in [3.8, 4) is 0 Å². The molecule has 0 bridgehead atoms. The molecule has 0 saturated heterocycles. The zero-order valence-corrected chi connectivity index (χ0v) is 19.2. The zero-order valence-electron chi connectivity index (χ0n) is 18.4. The number of benzene rings is 2. The summed E-state index contributed by atoms with van der Waals surface area (Å²) < 4.78 is 30.4. The lowest BCUT2D eigenvalue weighted by Crippen LogP contribution is -2.37. The largest absolute Gasteiger partial charge is 0.322 e. The average Bonchev–Trinajstić information content (AvgIpc) is 2.97. The maximum absolute atomic E-state index is 13.7. The number of sulfonamides is 1. The van der Waals surface area contributed by atoms with Gasteiger partial charge in [0.25, 0.3) is 0 Å². The number of nitrogens with two attached hydrogens (primary N) is 1. The Hall–Kier alpha value is -2.21. The van der Waals surface area contributed by atoms with E-state index in [2.05, 4.69) is 24.6 Å². The molecule has 3 N–H and O–H groups in total. The van der Waals surface area contributed by atoms with Gasteiger partial charge in [-0.15, -0.1) is 0 Å². The van der Waals surface area contributed by atoms with Crippen LogP contribution in [0.4, 0.5) is 0 Å². The third-order valence-electron chi connectivity index (χ3n) is 5.96. The van der Waals surface area contributed by atoms with E-state index in [1.54, 1.807) is 0 Å². The molecule has 30 heavy (non-hydrogen) atoms. The summed E-state index contributed by atoms with van der Waals surface area (Å²) in [6.07, 6.45) is 2.08. The summed E-state index contributed by atoms with van der Waals surface area (Å²) in [5.41, 5.74) is 9.75. The van der Waals surface area contributed by atoms with E-state index in [0.717, 1.165) is 22.3 Å². The molecule has 1 aliphatic rings. The summed E-state index contributed by atoms with van der Waals surface area (Å²) in [6.45, 7) is 10.1. The molecule has 0 saturated carbocycles. The Morgan fingerprint density at radius 3 is 1.90 bits per heavy atom. The lowest BCUT2D eigenvalue weighted by molar-refractivity contribution is 0.506. The molecule has 2 aromatic carbocycles. The number of hydrogen-bond acceptors (Lipinski definition) is 3. The number of rotatable bonds is 7. The number of hydrogen-bond donors (Lipinski definition) is 2. The second-order valence-electron chi connectivity index (χ2n) is 8.88. The molecular formula is C25H32N2O2S. The van der Waals surface area contributed by atoms with Gasteiger partial charge in [0.15, 0.2) is 0 Å². The molecule has 1 aliphatic carbocycles. The van der Waals surface area contributed by atoms with Gasteiger partial charge in [-0.1, -0.05) is 94.4 Å². The van der Waals surface area contributed by atoms with Crippen LogP contribution in [-0.4, -0.2) is 8.42 Å². The summed E-state index contributed by atoms with van der Waals surface area (Å²) >= 11 is 0. The first-order valence-electron chi connectivity index (χ1n) is 10.4. The average molecular weight is 425 g/mol. The molecule has 4 nitrogen and oxygen atoms in total. The van der Waals surface area contributed by atoms with Crippen molar-refractivity contribution in [1.82, 2.24) is 4.72 Å². The maximum atomic E-state index is 13.7. The second-order valence-corrected chi connectivity index (χ2v) is 10.5. The molecule has 2 atom stereocenters. The first-order chi connectivity index (χ1) is 14.0. The molecule has 0 amide bonds. The normalized spacial score (nSPS) is 18.4. The van der Waals surface area contributed by atoms with E-state index in [1.165, 1.54) is 0 Å². The first kappa shape index (κ1) is 22.5. The second kappa shape index (κ2) is 8.50. The Balaban J connectivity index is 2.06. The van der Waals surface area contributed by atoms with Crippen LogP contribution in [0.3, 0.4) is 0 Å². The minimum Gasteiger partial charge on any atom is -0.322 e. The Morgan fingerprint density at radius 1 is 0.900 bits per heavy atom. The van der Waals surface area contributed by atoms with Crippen molar-refractivity contribution in [1.29, 1.82) is 0 Å². The van der Waals surface area contributed by atoms with Crippen LogP contribution >= 0.6 is 0 Å². The van der Waals surface area contributed by atoms with Crippen LogP contribution in [0.25, 0.3) is 0 Å². The molecule has 0 spiro atoms. The van der Waals surface area contributed by atoms with Gasteiger partial charge in [-0.2, -0.15) is 0 Å². The molecule has 3 rings (SSSR count). The van der Waals surface area contributed by atoms with Crippen molar-refractivity contribution in [3.05, 3.63) is 93.9 Å². The van der Waals surface area contributed by atoms with Gasteiger partial charge in [0.2, 0.25) is 10.0 Å². The molecule has 0 radical (unpaired) electrons. The van der Waals surface area contributed by atoms with E-state index in [9.17, 15) is 8.42 Å². The predicted octanol–water partition coefficient (Wildman–Crippen LogP) is 5.24. The topological polar surface area (TPSA) is 72.2 Å². The SMILES string of the molecule is CC1=C(S(=O)(=O)NC(c2ccccc2)[C@@H](N)c2ccccc2)C(C(C)C)=CC1(C)C. The molecule has 0 aliphatic heterocycles. The van der Waals surface area contributed by atoms with Gasteiger partial charge in [0.05, 0.1) is 17.0 Å². The minimum atomic E-state index is -3.79. The Morgan fingerprint density at radius 2 is 1.40 bits per heavy atom. The highest BCUT2D eigenvalue weighted by Crippen LogP contribution is 2.45. The van der Waals surface area contributed by atoms with E-state index in [4.69, 9.17) is 5.73 Å². The van der Waals surface area contributed by atoms with Gasteiger partial charge >= 0.3 is 0 Å². The summed E-state index contributed by atoms with van der Waals surface area (Å²) in [6, 6.07) is 18.0. The fourth-order valence-corrected chi connectivity index (χ4v) is 5.97. The van der Waals surface area contributed by atoms with Crippen LogP contribution in [0.15, 0.2) is 82.8 Å². The monoisotopic (exact) mass is 424 g/mol. The lowest BCUT2D eigenvalue weighted by atomic mass is 9.88. The Bertz CT molecular complexity index is 1050. The van der Waals surface area contributed by atoms with Gasteiger partial charge in [0, 0.05) is 5.41 Å². The highest BCUT2D eigenvalue weighted by atomic mass is 32.2. The molecular weight excluding hydrogens is 392 g/mol. The van der Waals surface area contributed by atoms with Crippen molar-refractivity contribution in [2.24, 2.45) is 17.1 Å². The van der Waals surface area contributed by atoms with E-state index >= 15 is 0 Å². The summed E-state index contributed by atoms with van der Waals surface area (Å²) in [4.78, 5) is 0.406. The third kappa shape index (κ3) is 4.43. The van der Waals surface area contributed by atoms with Gasteiger partial charge in [-0.05, 0) is 35.1 Å². The fourth-order valence-electron chi connectivity index (χ4n) is 3.96. The standard InChI is InChI=1S/C25H32N2O2S/c1-17(2)21-16-25(4,5)18(3)24(21)30(28,29)27-23(20-14-10-7-11-15-20)22(26)19-12-8-6-9-13-19/h6-17,22-23,27H,26H2,1-5H3/t22-,23?/m0/s1. The van der Waals surface area contributed by atoms with Crippen molar-refractivity contribution >= 4 is 10.0 Å². The first-order valence-corrected chi connectivity index (χ1v) is 11.8. The summed E-state index contributed by atoms with van der Waals surface area (Å²) in [5.74, 6) is 0.103. The van der Waals surface area contributed by atoms with Gasteiger partial charge in [0.1, 0.15) is 0 Å². The highest BCUT2D eigenvalue weighted by molar-refractivity contribution is 7.93. The van der Waals surface area contributed by atoms with Crippen LogP contribution in [0, 0.1) is 11.3 Å². The van der Waals surface area contributed by atoms with Crippen molar-refractivity contribution in [3.63, 3.8) is 0 Å². The van der Waals surface area contributed by atoms with E-state index < -0.39 is 22.1 Å². The van der Waals surface area contributed by atoms with Crippen LogP contribution in [0.5, 0.6) is 0 Å². The van der Waals surface area contributed by atoms with Gasteiger partial charge in [-0.25, -0.2) is 13.1 Å². The highest BCUT2D eigenvalue weighted by Gasteiger charge is 2.39. The Kier molecular flexibility index (Phi) is 6.37. The molecule has 1 unspecified atom stereocenters. The molecule has 160 valence electrons. The summed E-state index contributed by atoms with van der Waals surface area (Å²) in [5, 5.41) is 0. The molecule has 0 aromatic heterocycles. The maximum Gasteiger partial charge on any atom is 0.241 e. The summed E-state index contributed by atoms with van der Waals surface area (Å²) in [7, 11) is -3.79. The van der Waals surface area contributed by atoms with Crippen molar-refractivity contribution in [2.75, 3.05) is 0 Å². The molecule has 2 aromatic rings. The predicted molar refractivity (Wildman–Crippen MR) is 124 cm³/mol. The quantitative estimate of drug-likeness (QED) is 0.638. The lowest BCUT2D eigenvalue weighted by Gasteiger charge is -2.27. The molecule has 0 heterocycles. The Labute approximate surface area is 180 Å². The minimum absolute atomic E-state index is 0.103. The van der Waals surface area contributed by atoms with Gasteiger partial charge in [-0.3, -0.25) is 0 Å². The van der Waals surface area contributed by atoms with E-state index in [-0.39, 0.29) is 11.3 Å². The van der Waals surface area contributed by atoms with Crippen LogP contribution < -0.4 is 10.5 Å². The fraction of sp³-hybridized carbons (Fsp3) is 0.360. The smallest absolute Gasteiger partial charge is 0.241 e. The number of allylic oxidation sites excluding steroid dienone is 3. The molecule has 0 fully saturated rings. The van der Waals surface area contributed by atoms with Crippen molar-refractivity contribution < 1.29 is 8.42 Å². The molecule has 5 heteroatoms. The van der Waals surface area contributed by atoms with Crippen molar-refractivity contribution in [2.45, 2.75) is 46.7 Å². The van der Waals surface area contributed by atoms with Crippen LogP contribution in [-0.2, 0) is 10.0 Å². The zero-order chi connectivity index (χ0) is 22.1. The van der Waals surface area contributed by atoms with Crippen LogP contribution in [0.1, 0.15) is 57.8 Å². The van der Waals surface area contributed by atoms with E-state index in [0.29, 0.717) is 4.91 Å². The van der Waals surface area contributed by atoms with E-state index in [1.807, 2.05) is 81.4 Å².